The van der Waals surface area contributed by atoms with Crippen LogP contribution in [0.5, 0.6) is 0 Å². The third-order valence-corrected chi connectivity index (χ3v) is 3.08. The maximum Gasteiger partial charge on any atom is 0.176 e. The lowest BCUT2D eigenvalue weighted by atomic mass is 10.2. The lowest BCUT2D eigenvalue weighted by Crippen LogP contribution is -1.96. The van der Waals surface area contributed by atoms with Gasteiger partial charge in [0.15, 0.2) is 5.82 Å². The Hall–Kier alpha value is -2.46. The molecule has 0 amide bonds. The van der Waals surface area contributed by atoms with Crippen LogP contribution >= 0.6 is 11.6 Å². The largest absolute Gasteiger partial charge is 0.259 e. The van der Waals surface area contributed by atoms with Gasteiger partial charge in [-0.1, -0.05) is 48.0 Å². The quantitative estimate of drug-likeness (QED) is 0.588. The number of halogens is 1. The molecule has 0 saturated heterocycles. The molecule has 3 rings (SSSR count). The molecule has 0 unspecified atom stereocenters. The molecular weight excluding hydrogens is 272 g/mol. The highest BCUT2D eigenvalue weighted by Crippen LogP contribution is 2.19. The van der Waals surface area contributed by atoms with Gasteiger partial charge in [-0.3, -0.25) is 5.43 Å². The molecule has 0 spiro atoms. The summed E-state index contributed by atoms with van der Waals surface area (Å²) in [6, 6.07) is 15.3. The minimum absolute atomic E-state index is 0.633. The Bertz CT molecular complexity index is 748. The highest BCUT2D eigenvalue weighted by Gasteiger charge is 2.00. The predicted octanol–water partition coefficient (Wildman–Crippen LogP) is 3.73. The maximum atomic E-state index is 5.83. The predicted molar refractivity (Wildman–Crippen MR) is 82.2 cm³/mol. The molecule has 0 saturated carbocycles. The van der Waals surface area contributed by atoms with Crippen LogP contribution in [-0.2, 0) is 0 Å². The molecule has 0 fully saturated rings. The fraction of sp³-hybridized carbons (Fsp3) is 0. The molecule has 20 heavy (non-hydrogen) atoms. The van der Waals surface area contributed by atoms with Gasteiger partial charge in [0.2, 0.25) is 0 Å². The summed E-state index contributed by atoms with van der Waals surface area (Å²) in [5.41, 5.74) is 3.87. The summed E-state index contributed by atoms with van der Waals surface area (Å²) >= 11 is 5.83. The molecule has 0 atom stereocenters. The smallest absolute Gasteiger partial charge is 0.176 e. The van der Waals surface area contributed by atoms with Gasteiger partial charge in [-0.25, -0.2) is 0 Å². The molecule has 5 heteroatoms. The average molecular weight is 283 g/mol. The van der Waals surface area contributed by atoms with Crippen molar-refractivity contribution in [1.29, 1.82) is 0 Å². The second-order valence-electron chi connectivity index (χ2n) is 4.20. The molecule has 1 N–H and O–H groups in total. The third kappa shape index (κ3) is 2.75. The van der Waals surface area contributed by atoms with Crippen molar-refractivity contribution >= 4 is 34.4 Å². The van der Waals surface area contributed by atoms with Crippen molar-refractivity contribution in [1.82, 2.24) is 10.2 Å². The second-order valence-corrected chi connectivity index (χ2v) is 4.64. The molecule has 0 aliphatic carbocycles. The van der Waals surface area contributed by atoms with Crippen molar-refractivity contribution < 1.29 is 0 Å². The van der Waals surface area contributed by atoms with E-state index in [1.54, 1.807) is 12.4 Å². The molecule has 0 bridgehead atoms. The maximum absolute atomic E-state index is 5.83. The summed E-state index contributed by atoms with van der Waals surface area (Å²) in [7, 11) is 0. The van der Waals surface area contributed by atoms with E-state index in [0.29, 0.717) is 10.8 Å². The SMILES string of the molecule is Clc1ccc(/C=N/Nc2nncc3ccccc23)cc1. The first-order chi connectivity index (χ1) is 9.83. The fourth-order valence-corrected chi connectivity index (χ4v) is 1.95. The van der Waals surface area contributed by atoms with Crippen LogP contribution in [0.1, 0.15) is 5.56 Å². The van der Waals surface area contributed by atoms with E-state index >= 15 is 0 Å². The molecule has 0 aliphatic rings. The van der Waals surface area contributed by atoms with Crippen LogP contribution in [0.2, 0.25) is 5.02 Å². The third-order valence-electron chi connectivity index (χ3n) is 2.82. The Morgan fingerprint density at radius 2 is 1.85 bits per heavy atom. The van der Waals surface area contributed by atoms with Gasteiger partial charge in [0, 0.05) is 15.8 Å². The highest BCUT2D eigenvalue weighted by atomic mass is 35.5. The Balaban J connectivity index is 1.81. The van der Waals surface area contributed by atoms with Crippen molar-refractivity contribution in [3.8, 4) is 0 Å². The van der Waals surface area contributed by atoms with Gasteiger partial charge in [0.25, 0.3) is 0 Å². The summed E-state index contributed by atoms with van der Waals surface area (Å²) in [5.74, 6) is 0.633. The zero-order chi connectivity index (χ0) is 13.8. The van der Waals surface area contributed by atoms with E-state index in [1.165, 1.54) is 0 Å². The number of fused-ring (bicyclic) bond motifs is 1. The van der Waals surface area contributed by atoms with Gasteiger partial charge in [-0.05, 0) is 17.7 Å². The lowest BCUT2D eigenvalue weighted by Gasteiger charge is -2.02. The number of nitrogens with one attached hydrogen (secondary N) is 1. The summed E-state index contributed by atoms with van der Waals surface area (Å²) in [4.78, 5) is 0. The number of anilines is 1. The summed E-state index contributed by atoms with van der Waals surface area (Å²) in [6.07, 6.45) is 3.43. The Labute approximate surface area is 121 Å². The van der Waals surface area contributed by atoms with Crippen molar-refractivity contribution in [2.75, 3.05) is 5.43 Å². The van der Waals surface area contributed by atoms with Crippen molar-refractivity contribution in [3.05, 3.63) is 65.3 Å². The van der Waals surface area contributed by atoms with E-state index in [-0.39, 0.29) is 0 Å². The first-order valence-corrected chi connectivity index (χ1v) is 6.46. The van der Waals surface area contributed by atoms with Crippen molar-refractivity contribution in [2.45, 2.75) is 0 Å². The normalized spacial score (nSPS) is 11.1. The lowest BCUT2D eigenvalue weighted by molar-refractivity contribution is 1.04. The number of aromatic nitrogens is 2. The van der Waals surface area contributed by atoms with E-state index in [0.717, 1.165) is 16.3 Å². The van der Waals surface area contributed by atoms with Crippen LogP contribution in [0.3, 0.4) is 0 Å². The van der Waals surface area contributed by atoms with Gasteiger partial charge >= 0.3 is 0 Å². The standard InChI is InChI=1S/C15H11ClN4/c16-13-7-5-11(6-8-13)9-17-19-15-14-4-2-1-3-12(14)10-18-20-15/h1-10H,(H,19,20)/b17-9+. The first-order valence-electron chi connectivity index (χ1n) is 6.08. The molecule has 2 aromatic carbocycles. The van der Waals surface area contributed by atoms with Crippen LogP contribution in [0, 0.1) is 0 Å². The molecule has 98 valence electrons. The molecule has 0 radical (unpaired) electrons. The summed E-state index contributed by atoms with van der Waals surface area (Å²) < 4.78 is 0. The van der Waals surface area contributed by atoms with Gasteiger partial charge in [0.05, 0.1) is 12.4 Å². The van der Waals surface area contributed by atoms with Crippen LogP contribution in [0.4, 0.5) is 5.82 Å². The van der Waals surface area contributed by atoms with Crippen molar-refractivity contribution in [3.63, 3.8) is 0 Å². The highest BCUT2D eigenvalue weighted by molar-refractivity contribution is 6.30. The minimum Gasteiger partial charge on any atom is -0.259 e. The summed E-state index contributed by atoms with van der Waals surface area (Å²) in [5, 5.41) is 14.9. The number of benzene rings is 2. The van der Waals surface area contributed by atoms with Crippen LogP contribution in [0.15, 0.2) is 59.8 Å². The number of hydrazone groups is 1. The Morgan fingerprint density at radius 3 is 2.70 bits per heavy atom. The number of rotatable bonds is 3. The van der Waals surface area contributed by atoms with Gasteiger partial charge in [-0.15, -0.1) is 5.10 Å². The van der Waals surface area contributed by atoms with Crippen LogP contribution in [-0.4, -0.2) is 16.4 Å². The Kier molecular flexibility index (Phi) is 3.56. The topological polar surface area (TPSA) is 50.2 Å². The van der Waals surface area contributed by atoms with E-state index in [9.17, 15) is 0 Å². The molecule has 4 nitrogen and oxygen atoms in total. The summed E-state index contributed by atoms with van der Waals surface area (Å²) in [6.45, 7) is 0. The van der Waals surface area contributed by atoms with E-state index in [4.69, 9.17) is 11.6 Å². The van der Waals surface area contributed by atoms with Crippen molar-refractivity contribution in [2.24, 2.45) is 5.10 Å². The fourth-order valence-electron chi connectivity index (χ4n) is 1.83. The zero-order valence-corrected chi connectivity index (χ0v) is 11.2. The number of nitrogens with zero attached hydrogens (tertiary/aromatic N) is 3. The van der Waals surface area contributed by atoms with E-state index in [1.807, 2.05) is 48.5 Å². The van der Waals surface area contributed by atoms with E-state index < -0.39 is 0 Å². The molecule has 0 aliphatic heterocycles. The first kappa shape index (κ1) is 12.6. The molecular formula is C15H11ClN4. The number of hydrogen-bond donors (Lipinski definition) is 1. The van der Waals surface area contributed by atoms with Crippen LogP contribution < -0.4 is 5.43 Å². The molecule has 1 aromatic heterocycles. The van der Waals surface area contributed by atoms with Crippen LogP contribution in [0.25, 0.3) is 10.8 Å². The zero-order valence-electron chi connectivity index (χ0n) is 10.5. The van der Waals surface area contributed by atoms with E-state index in [2.05, 4.69) is 20.7 Å². The Morgan fingerprint density at radius 1 is 1.05 bits per heavy atom. The number of hydrogen-bond acceptors (Lipinski definition) is 4. The monoisotopic (exact) mass is 282 g/mol. The van der Waals surface area contributed by atoms with Gasteiger partial charge < -0.3 is 0 Å². The van der Waals surface area contributed by atoms with Gasteiger partial charge in [0.1, 0.15) is 0 Å². The minimum atomic E-state index is 0.633. The second kappa shape index (κ2) is 5.67. The molecule has 3 aromatic rings. The molecule has 1 heterocycles. The average Bonchev–Trinajstić information content (AvgIpc) is 2.49. The van der Waals surface area contributed by atoms with Gasteiger partial charge in [-0.2, -0.15) is 10.2 Å².